The fourth-order valence-electron chi connectivity index (χ4n) is 3.91. The summed E-state index contributed by atoms with van der Waals surface area (Å²) in [5.41, 5.74) is 0.440. The van der Waals surface area contributed by atoms with E-state index in [4.69, 9.17) is 0 Å². The molecule has 138 valence electrons. The highest BCUT2D eigenvalue weighted by molar-refractivity contribution is 5.77. The first-order chi connectivity index (χ1) is 12.4. The van der Waals surface area contributed by atoms with E-state index in [0.29, 0.717) is 18.8 Å². The van der Waals surface area contributed by atoms with Crippen molar-refractivity contribution in [3.8, 4) is 0 Å². The number of rotatable bonds is 2. The lowest BCUT2D eigenvalue weighted by atomic mass is 9.84. The number of nitrogens with one attached hydrogen (secondary N) is 1. The maximum atomic E-state index is 13.4. The van der Waals surface area contributed by atoms with Crippen LogP contribution >= 0.6 is 0 Å². The Morgan fingerprint density at radius 2 is 2.00 bits per heavy atom. The van der Waals surface area contributed by atoms with Gasteiger partial charge in [0.15, 0.2) is 11.6 Å². The van der Waals surface area contributed by atoms with Gasteiger partial charge < -0.3 is 5.32 Å². The smallest absolute Gasteiger partial charge is 0.242 e. The lowest BCUT2D eigenvalue weighted by Crippen LogP contribution is -2.56. The Kier molecular flexibility index (Phi) is 4.22. The van der Waals surface area contributed by atoms with Gasteiger partial charge in [-0.25, -0.2) is 18.4 Å². The number of hydrogen-bond donors (Lipinski definition) is 1. The van der Waals surface area contributed by atoms with Gasteiger partial charge >= 0.3 is 0 Å². The third-order valence-corrected chi connectivity index (χ3v) is 5.25. The van der Waals surface area contributed by atoms with Crippen LogP contribution in [-0.2, 0) is 24.3 Å². The number of nitrogens with zero attached hydrogens (tertiary/aromatic N) is 4. The highest BCUT2D eigenvalue weighted by Crippen LogP contribution is 2.28. The molecular weight excluding hydrogens is 340 g/mol. The second kappa shape index (κ2) is 6.42. The molecule has 1 spiro atoms. The predicted octanol–water partition coefficient (Wildman–Crippen LogP) is 1.57. The average Bonchev–Trinajstić information content (AvgIpc) is 2.85. The quantitative estimate of drug-likeness (QED) is 0.882. The number of halogens is 2. The van der Waals surface area contributed by atoms with Gasteiger partial charge in [-0.15, -0.1) is 0 Å². The molecule has 6 nitrogen and oxygen atoms in total. The minimum atomic E-state index is -0.827. The van der Waals surface area contributed by atoms with E-state index in [1.54, 1.807) is 10.7 Å². The van der Waals surface area contributed by atoms with E-state index >= 15 is 0 Å². The summed E-state index contributed by atoms with van der Waals surface area (Å²) in [7, 11) is 0. The van der Waals surface area contributed by atoms with Crippen molar-refractivity contribution in [2.75, 3.05) is 13.1 Å². The molecule has 0 atom stereocenters. The van der Waals surface area contributed by atoms with Crippen LogP contribution in [0.25, 0.3) is 0 Å². The van der Waals surface area contributed by atoms with Crippen molar-refractivity contribution in [1.82, 2.24) is 25.0 Å². The Morgan fingerprint density at radius 1 is 1.23 bits per heavy atom. The van der Waals surface area contributed by atoms with Gasteiger partial charge in [0.2, 0.25) is 5.91 Å². The largest absolute Gasteiger partial charge is 0.349 e. The van der Waals surface area contributed by atoms with Gasteiger partial charge in [0, 0.05) is 31.6 Å². The molecule has 8 heteroatoms. The zero-order valence-electron chi connectivity index (χ0n) is 14.6. The third kappa shape index (κ3) is 3.33. The van der Waals surface area contributed by atoms with E-state index in [9.17, 15) is 13.6 Å². The Morgan fingerprint density at radius 3 is 2.73 bits per heavy atom. The summed E-state index contributed by atoms with van der Waals surface area (Å²) in [5.74, 6) is -0.160. The molecule has 0 radical (unpaired) electrons. The maximum Gasteiger partial charge on any atom is 0.242 e. The summed E-state index contributed by atoms with van der Waals surface area (Å²) in [6, 6.07) is 4.02. The number of aromatic nitrogens is 3. The second-order valence-electron chi connectivity index (χ2n) is 7.26. The number of piperidine rings is 1. The number of hydrogen-bond acceptors (Lipinski definition) is 4. The number of benzene rings is 1. The van der Waals surface area contributed by atoms with Crippen LogP contribution in [0.4, 0.5) is 8.78 Å². The second-order valence-corrected chi connectivity index (χ2v) is 7.26. The van der Waals surface area contributed by atoms with Crippen LogP contribution in [0.5, 0.6) is 0 Å². The molecule has 4 rings (SSSR count). The fraction of sp³-hybridized carbons (Fsp3) is 0.500. The molecule has 1 aromatic heterocycles. The Bertz CT molecular complexity index is 842. The van der Waals surface area contributed by atoms with Crippen LogP contribution in [-0.4, -0.2) is 44.2 Å². The van der Waals surface area contributed by atoms with Crippen LogP contribution in [0.15, 0.2) is 18.2 Å². The molecular formula is C18H21F2N5O. The minimum absolute atomic E-state index is 0.0392. The highest BCUT2D eigenvalue weighted by Gasteiger charge is 2.39. The molecule has 0 unspecified atom stereocenters. The first-order valence-corrected chi connectivity index (χ1v) is 8.80. The zero-order chi connectivity index (χ0) is 18.3. The van der Waals surface area contributed by atoms with Crippen LogP contribution in [0, 0.1) is 18.6 Å². The van der Waals surface area contributed by atoms with Crippen molar-refractivity contribution in [3.05, 3.63) is 47.0 Å². The van der Waals surface area contributed by atoms with Gasteiger partial charge in [-0.1, -0.05) is 6.07 Å². The van der Waals surface area contributed by atoms with Gasteiger partial charge in [-0.05, 0) is 37.5 Å². The number of carbonyl (C=O) groups is 1. The minimum Gasteiger partial charge on any atom is -0.349 e. The van der Waals surface area contributed by atoms with E-state index in [1.807, 2.05) is 6.92 Å². The van der Waals surface area contributed by atoms with Crippen molar-refractivity contribution in [1.29, 1.82) is 0 Å². The summed E-state index contributed by atoms with van der Waals surface area (Å²) in [6.45, 7) is 4.14. The summed E-state index contributed by atoms with van der Waals surface area (Å²) in [5, 5.41) is 7.47. The molecule has 2 aromatic rings. The van der Waals surface area contributed by atoms with Gasteiger partial charge in [0.05, 0.1) is 0 Å². The monoisotopic (exact) mass is 361 g/mol. The summed E-state index contributed by atoms with van der Waals surface area (Å²) in [6.07, 6.45) is 2.24. The first-order valence-electron chi connectivity index (χ1n) is 8.80. The van der Waals surface area contributed by atoms with Crippen molar-refractivity contribution in [3.63, 3.8) is 0 Å². The van der Waals surface area contributed by atoms with E-state index in [1.165, 1.54) is 6.07 Å². The lowest BCUT2D eigenvalue weighted by molar-refractivity contribution is -0.123. The molecule has 3 heterocycles. The molecule has 1 aromatic carbocycles. The summed E-state index contributed by atoms with van der Waals surface area (Å²) >= 11 is 0. The molecule has 0 aliphatic carbocycles. The van der Waals surface area contributed by atoms with Gasteiger partial charge in [0.25, 0.3) is 0 Å². The van der Waals surface area contributed by atoms with E-state index in [2.05, 4.69) is 20.3 Å². The van der Waals surface area contributed by atoms with Gasteiger partial charge in [-0.2, -0.15) is 5.10 Å². The van der Waals surface area contributed by atoms with Crippen LogP contribution in [0.1, 0.15) is 30.1 Å². The van der Waals surface area contributed by atoms with Crippen molar-refractivity contribution in [2.24, 2.45) is 0 Å². The Balaban J connectivity index is 1.45. The fourth-order valence-corrected chi connectivity index (χ4v) is 3.91. The molecule has 1 fully saturated rings. The molecule has 1 N–H and O–H groups in total. The van der Waals surface area contributed by atoms with E-state index < -0.39 is 11.6 Å². The van der Waals surface area contributed by atoms with Gasteiger partial charge in [0.1, 0.15) is 18.2 Å². The highest BCUT2D eigenvalue weighted by atomic mass is 19.2. The molecule has 1 saturated heterocycles. The molecule has 26 heavy (non-hydrogen) atoms. The zero-order valence-corrected chi connectivity index (χ0v) is 14.6. The van der Waals surface area contributed by atoms with Crippen LogP contribution in [0.2, 0.25) is 0 Å². The lowest BCUT2D eigenvalue weighted by Gasteiger charge is -2.41. The molecule has 0 bridgehead atoms. The number of amides is 1. The Labute approximate surface area is 150 Å². The number of carbonyl (C=O) groups excluding carboxylic acids is 1. The third-order valence-electron chi connectivity index (χ3n) is 5.25. The van der Waals surface area contributed by atoms with E-state index in [0.717, 1.165) is 43.4 Å². The number of likely N-dealkylation sites (tertiary alicyclic amines) is 1. The summed E-state index contributed by atoms with van der Waals surface area (Å²) < 4.78 is 28.2. The average molecular weight is 361 g/mol. The summed E-state index contributed by atoms with van der Waals surface area (Å²) in [4.78, 5) is 18.9. The SMILES string of the molecule is Cc1nc2n(n1)CC(=O)NC1(CCN(Cc3ccc(F)c(F)c3)CC1)C2. The normalized spacial score (nSPS) is 19.9. The molecule has 2 aliphatic heterocycles. The molecule has 2 aliphatic rings. The van der Waals surface area contributed by atoms with E-state index in [-0.39, 0.29) is 18.0 Å². The topological polar surface area (TPSA) is 63.1 Å². The van der Waals surface area contributed by atoms with Crippen molar-refractivity contribution in [2.45, 2.75) is 44.8 Å². The molecule has 1 amide bonds. The first kappa shape index (κ1) is 17.1. The maximum absolute atomic E-state index is 13.4. The number of fused-ring (bicyclic) bond motifs is 1. The van der Waals surface area contributed by atoms with Crippen LogP contribution < -0.4 is 5.32 Å². The Hall–Kier alpha value is -2.35. The van der Waals surface area contributed by atoms with Crippen molar-refractivity contribution < 1.29 is 13.6 Å². The molecule has 0 saturated carbocycles. The van der Waals surface area contributed by atoms with Crippen molar-refractivity contribution >= 4 is 5.91 Å². The van der Waals surface area contributed by atoms with Crippen LogP contribution in [0.3, 0.4) is 0 Å². The van der Waals surface area contributed by atoms with Gasteiger partial charge in [-0.3, -0.25) is 9.69 Å². The predicted molar refractivity (Wildman–Crippen MR) is 90.2 cm³/mol. The number of aryl methyl sites for hydroxylation is 1. The standard InChI is InChI=1S/C18H21F2N5O/c1-12-21-16-9-18(22-17(26)11-25(16)23-12)4-6-24(7-5-18)10-13-2-3-14(19)15(20)8-13/h2-3,8H,4-7,9-11H2,1H3,(H,22,26).